The zero-order valence-electron chi connectivity index (χ0n) is 24.3. The Hall–Kier alpha value is -0.870. The molecule has 0 radical (unpaired) electrons. The number of allylic oxidation sites excluding steroid dienone is 1. The largest absolute Gasteiger partial charge is 0.394 e. The molecule has 0 aromatic rings. The van der Waals surface area contributed by atoms with E-state index in [0.29, 0.717) is 6.42 Å². The average Bonchev–Trinajstić information content (AvgIpc) is 2.88. The Bertz CT molecular complexity index is 480. The van der Waals surface area contributed by atoms with Gasteiger partial charge in [-0.05, 0) is 19.3 Å². The van der Waals surface area contributed by atoms with Crippen molar-refractivity contribution in [2.75, 3.05) is 6.61 Å². The molecule has 0 spiro atoms. The Balaban J connectivity index is 3.63. The molecular weight excluding hydrogens is 446 g/mol. The predicted molar refractivity (Wildman–Crippen MR) is 156 cm³/mol. The van der Waals surface area contributed by atoms with Crippen molar-refractivity contribution in [2.24, 2.45) is 0 Å². The van der Waals surface area contributed by atoms with Gasteiger partial charge in [-0.15, -0.1) is 0 Å². The Morgan fingerprint density at radius 1 is 0.639 bits per heavy atom. The van der Waals surface area contributed by atoms with Crippen LogP contribution in [0.25, 0.3) is 0 Å². The van der Waals surface area contributed by atoms with Gasteiger partial charge in [-0.2, -0.15) is 0 Å². The first kappa shape index (κ1) is 35.1. The van der Waals surface area contributed by atoms with Crippen LogP contribution in [0.15, 0.2) is 12.2 Å². The average molecular weight is 510 g/mol. The van der Waals surface area contributed by atoms with Crippen molar-refractivity contribution in [2.45, 2.75) is 180 Å². The van der Waals surface area contributed by atoms with E-state index < -0.39 is 12.1 Å². The Kier molecular flexibility index (Phi) is 28.0. The molecule has 0 saturated carbocycles. The summed E-state index contributed by atoms with van der Waals surface area (Å²) in [6.07, 6.45) is 32.8. The van der Waals surface area contributed by atoms with Crippen molar-refractivity contribution in [3.63, 3.8) is 0 Å². The first-order valence-electron chi connectivity index (χ1n) is 15.9. The van der Waals surface area contributed by atoms with E-state index in [0.717, 1.165) is 25.7 Å². The van der Waals surface area contributed by atoms with Crippen molar-refractivity contribution in [3.05, 3.63) is 12.2 Å². The number of nitrogens with one attached hydrogen (secondary N) is 1. The van der Waals surface area contributed by atoms with Gasteiger partial charge in [-0.1, -0.05) is 154 Å². The topological polar surface area (TPSA) is 69.6 Å². The molecule has 36 heavy (non-hydrogen) atoms. The van der Waals surface area contributed by atoms with Gasteiger partial charge in [-0.25, -0.2) is 0 Å². The number of rotatable bonds is 28. The summed E-state index contributed by atoms with van der Waals surface area (Å²) in [6, 6.07) is -0.612. The van der Waals surface area contributed by atoms with Gasteiger partial charge in [0.15, 0.2) is 0 Å². The lowest BCUT2D eigenvalue weighted by Crippen LogP contribution is -2.45. The highest BCUT2D eigenvalue weighted by molar-refractivity contribution is 5.76. The highest BCUT2D eigenvalue weighted by Crippen LogP contribution is 2.14. The van der Waals surface area contributed by atoms with E-state index in [4.69, 9.17) is 0 Å². The molecular formula is C32H63NO3. The van der Waals surface area contributed by atoms with Crippen LogP contribution in [0.3, 0.4) is 0 Å². The van der Waals surface area contributed by atoms with Gasteiger partial charge in [0, 0.05) is 6.42 Å². The second-order valence-corrected chi connectivity index (χ2v) is 10.9. The summed E-state index contributed by atoms with van der Waals surface area (Å²) in [5.74, 6) is -0.0662. The predicted octanol–water partition coefficient (Wildman–Crippen LogP) is 8.78. The maximum absolute atomic E-state index is 12.2. The molecule has 0 fully saturated rings. The van der Waals surface area contributed by atoms with Crippen molar-refractivity contribution < 1.29 is 15.0 Å². The summed E-state index contributed by atoms with van der Waals surface area (Å²) in [5, 5.41) is 22.7. The number of hydrogen-bond donors (Lipinski definition) is 3. The molecule has 2 unspecified atom stereocenters. The van der Waals surface area contributed by atoms with E-state index >= 15 is 0 Å². The van der Waals surface area contributed by atoms with Gasteiger partial charge >= 0.3 is 0 Å². The lowest BCUT2D eigenvalue weighted by atomic mass is 10.0. The summed E-state index contributed by atoms with van der Waals surface area (Å²) in [7, 11) is 0. The fraction of sp³-hybridized carbons (Fsp3) is 0.906. The summed E-state index contributed by atoms with van der Waals surface area (Å²) < 4.78 is 0. The SMILES string of the molecule is CCCCCCCCCC/C=C/C(O)C(CO)NC(=O)CCCCCCCCCCCCCCCC. The number of carbonyl (C=O) groups excluding carboxylic acids is 1. The van der Waals surface area contributed by atoms with Gasteiger partial charge in [0.2, 0.25) is 5.91 Å². The zero-order valence-corrected chi connectivity index (χ0v) is 24.3. The van der Waals surface area contributed by atoms with Crippen LogP contribution in [-0.2, 0) is 4.79 Å². The van der Waals surface area contributed by atoms with Gasteiger partial charge in [0.05, 0.1) is 18.8 Å². The van der Waals surface area contributed by atoms with Crippen molar-refractivity contribution in [1.82, 2.24) is 5.32 Å². The quantitative estimate of drug-likeness (QED) is 0.0729. The molecule has 214 valence electrons. The highest BCUT2D eigenvalue weighted by Gasteiger charge is 2.17. The number of carbonyl (C=O) groups is 1. The van der Waals surface area contributed by atoms with E-state index in [1.165, 1.54) is 122 Å². The van der Waals surface area contributed by atoms with E-state index in [-0.39, 0.29) is 12.5 Å². The first-order valence-corrected chi connectivity index (χ1v) is 15.9. The van der Waals surface area contributed by atoms with Crippen molar-refractivity contribution in [3.8, 4) is 0 Å². The van der Waals surface area contributed by atoms with Crippen LogP contribution >= 0.6 is 0 Å². The summed E-state index contributed by atoms with van der Waals surface area (Å²) in [6.45, 7) is 4.27. The molecule has 0 aliphatic rings. The van der Waals surface area contributed by atoms with Gasteiger partial charge in [0.1, 0.15) is 0 Å². The molecule has 0 aliphatic carbocycles. The standard InChI is InChI=1S/C32H63NO3/c1-3-5-7-9-11-13-15-16-17-18-20-22-24-26-28-32(36)33-30(29-34)31(35)27-25-23-21-19-14-12-10-8-6-4-2/h25,27,30-31,34-35H,3-24,26,28-29H2,1-2H3,(H,33,36)/b27-25+. The van der Waals surface area contributed by atoms with E-state index in [1.54, 1.807) is 6.08 Å². The smallest absolute Gasteiger partial charge is 0.220 e. The Morgan fingerprint density at radius 2 is 1.03 bits per heavy atom. The number of aliphatic hydroxyl groups is 2. The van der Waals surface area contributed by atoms with Crippen LogP contribution in [0.5, 0.6) is 0 Å². The van der Waals surface area contributed by atoms with E-state index in [1.807, 2.05) is 6.08 Å². The molecule has 0 bridgehead atoms. The van der Waals surface area contributed by atoms with Crippen molar-refractivity contribution >= 4 is 5.91 Å². The molecule has 4 heteroatoms. The van der Waals surface area contributed by atoms with E-state index in [9.17, 15) is 15.0 Å². The monoisotopic (exact) mass is 509 g/mol. The van der Waals surface area contributed by atoms with Crippen LogP contribution in [0.4, 0.5) is 0 Å². The molecule has 0 aromatic heterocycles. The molecule has 0 aliphatic heterocycles. The summed E-state index contributed by atoms with van der Waals surface area (Å²) in [5.41, 5.74) is 0. The maximum Gasteiger partial charge on any atom is 0.220 e. The Morgan fingerprint density at radius 3 is 1.44 bits per heavy atom. The zero-order chi connectivity index (χ0) is 26.5. The minimum atomic E-state index is -0.829. The third-order valence-corrected chi connectivity index (χ3v) is 7.27. The minimum absolute atomic E-state index is 0.0662. The van der Waals surface area contributed by atoms with Gasteiger partial charge in [-0.3, -0.25) is 4.79 Å². The second kappa shape index (κ2) is 28.7. The highest BCUT2D eigenvalue weighted by atomic mass is 16.3. The maximum atomic E-state index is 12.2. The van der Waals surface area contributed by atoms with Crippen LogP contribution < -0.4 is 5.32 Å². The third-order valence-electron chi connectivity index (χ3n) is 7.27. The lowest BCUT2D eigenvalue weighted by Gasteiger charge is -2.20. The minimum Gasteiger partial charge on any atom is -0.394 e. The van der Waals surface area contributed by atoms with Crippen molar-refractivity contribution in [1.29, 1.82) is 0 Å². The van der Waals surface area contributed by atoms with Crippen LogP contribution in [0, 0.1) is 0 Å². The number of amides is 1. The number of unbranched alkanes of at least 4 members (excludes halogenated alkanes) is 21. The number of aliphatic hydroxyl groups excluding tert-OH is 2. The molecule has 0 saturated heterocycles. The fourth-order valence-corrected chi connectivity index (χ4v) is 4.76. The normalized spacial score (nSPS) is 13.3. The van der Waals surface area contributed by atoms with Gasteiger partial charge in [0.25, 0.3) is 0 Å². The summed E-state index contributed by atoms with van der Waals surface area (Å²) >= 11 is 0. The molecule has 3 N–H and O–H groups in total. The fourth-order valence-electron chi connectivity index (χ4n) is 4.76. The number of hydrogen-bond acceptors (Lipinski definition) is 3. The Labute approximate surface area is 225 Å². The van der Waals surface area contributed by atoms with Gasteiger partial charge < -0.3 is 15.5 Å². The first-order chi connectivity index (χ1) is 17.7. The lowest BCUT2D eigenvalue weighted by molar-refractivity contribution is -0.123. The van der Waals surface area contributed by atoms with Crippen LogP contribution in [0.1, 0.15) is 168 Å². The molecule has 4 nitrogen and oxygen atoms in total. The molecule has 0 rings (SSSR count). The third kappa shape index (κ3) is 24.8. The second-order valence-electron chi connectivity index (χ2n) is 10.9. The molecule has 1 amide bonds. The van der Waals surface area contributed by atoms with Crippen LogP contribution in [0.2, 0.25) is 0 Å². The summed E-state index contributed by atoms with van der Waals surface area (Å²) in [4.78, 5) is 12.2. The van der Waals surface area contributed by atoms with E-state index in [2.05, 4.69) is 19.2 Å². The molecule has 2 atom stereocenters. The molecule has 0 aromatic carbocycles. The molecule has 0 heterocycles. The van der Waals surface area contributed by atoms with Crippen LogP contribution in [-0.4, -0.2) is 34.9 Å².